The molecule has 0 aromatic heterocycles. The van der Waals surface area contributed by atoms with Crippen LogP contribution in [0.3, 0.4) is 0 Å². The number of nitrogens with zero attached hydrogens (tertiary/aromatic N) is 1. The Bertz CT molecular complexity index is 447. The lowest BCUT2D eigenvalue weighted by Gasteiger charge is -2.17. The number of benzene rings is 1. The molecule has 0 aliphatic carbocycles. The molecule has 1 fully saturated rings. The molecule has 1 saturated heterocycles. The number of rotatable bonds is 5. The largest absolute Gasteiger partial charge is 0.401 e. The highest BCUT2D eigenvalue weighted by Gasteiger charge is 2.31. The van der Waals surface area contributed by atoms with Crippen LogP contribution in [0.5, 0.6) is 0 Å². The van der Waals surface area contributed by atoms with Gasteiger partial charge in [-0.2, -0.15) is 13.2 Å². The molecule has 0 saturated carbocycles. The van der Waals surface area contributed by atoms with E-state index in [0.717, 1.165) is 5.56 Å². The molecule has 20 heavy (non-hydrogen) atoms. The van der Waals surface area contributed by atoms with Crippen LogP contribution < -0.4 is 5.32 Å². The summed E-state index contributed by atoms with van der Waals surface area (Å²) in [6, 6.07) is 9.57. The molecule has 0 spiro atoms. The smallest absolute Gasteiger partial charge is 0.338 e. The summed E-state index contributed by atoms with van der Waals surface area (Å²) in [4.78, 5) is 13.5. The van der Waals surface area contributed by atoms with Crippen molar-refractivity contribution < 1.29 is 18.0 Å². The number of amides is 1. The van der Waals surface area contributed by atoms with Gasteiger partial charge in [-0.1, -0.05) is 30.3 Å². The fraction of sp³-hybridized carbons (Fsp3) is 0.500. The van der Waals surface area contributed by atoms with Gasteiger partial charge in [-0.15, -0.1) is 0 Å². The number of likely N-dealkylation sites (tertiary alicyclic amines) is 1. The second-order valence-corrected chi connectivity index (χ2v) is 5.08. The van der Waals surface area contributed by atoms with Gasteiger partial charge in [0.15, 0.2) is 0 Å². The number of hydrogen-bond donors (Lipinski definition) is 1. The normalized spacial score (nSPS) is 19.6. The van der Waals surface area contributed by atoms with Crippen molar-refractivity contribution in [2.75, 3.05) is 19.6 Å². The maximum Gasteiger partial charge on any atom is 0.401 e. The molecule has 1 aromatic carbocycles. The fourth-order valence-corrected chi connectivity index (χ4v) is 2.37. The summed E-state index contributed by atoms with van der Waals surface area (Å²) < 4.78 is 36.1. The van der Waals surface area contributed by atoms with Crippen LogP contribution in [0, 0.1) is 5.92 Å². The molecule has 1 N–H and O–H groups in total. The van der Waals surface area contributed by atoms with Gasteiger partial charge in [0.1, 0.15) is 0 Å². The predicted octanol–water partition coefficient (Wildman–Crippen LogP) is 2.19. The molecule has 0 radical (unpaired) electrons. The van der Waals surface area contributed by atoms with Crippen molar-refractivity contribution in [2.45, 2.75) is 19.1 Å². The van der Waals surface area contributed by atoms with E-state index in [1.165, 1.54) is 0 Å². The van der Waals surface area contributed by atoms with Gasteiger partial charge in [0, 0.05) is 26.1 Å². The van der Waals surface area contributed by atoms with E-state index in [2.05, 4.69) is 5.32 Å². The van der Waals surface area contributed by atoms with Gasteiger partial charge in [0.25, 0.3) is 0 Å². The lowest BCUT2D eigenvalue weighted by molar-refractivity contribution is -0.128. The number of halogens is 3. The SMILES string of the molecule is O=C1CC(CNCC(F)(F)F)CN1Cc1ccccc1. The first-order valence-corrected chi connectivity index (χ1v) is 6.53. The molecule has 1 atom stereocenters. The molecule has 1 amide bonds. The van der Waals surface area contributed by atoms with E-state index in [1.807, 2.05) is 30.3 Å². The van der Waals surface area contributed by atoms with Gasteiger partial charge in [-0.05, 0) is 11.5 Å². The lowest BCUT2D eigenvalue weighted by Crippen LogP contribution is -2.33. The number of alkyl halides is 3. The third kappa shape index (κ3) is 4.52. The van der Waals surface area contributed by atoms with E-state index in [-0.39, 0.29) is 18.4 Å². The molecule has 110 valence electrons. The highest BCUT2D eigenvalue weighted by Crippen LogP contribution is 2.20. The molecule has 1 aromatic rings. The Balaban J connectivity index is 1.79. The van der Waals surface area contributed by atoms with Gasteiger partial charge in [0.05, 0.1) is 6.54 Å². The molecular formula is C14H17F3N2O. The number of hydrogen-bond acceptors (Lipinski definition) is 2. The third-order valence-corrected chi connectivity index (χ3v) is 3.27. The summed E-state index contributed by atoms with van der Waals surface area (Å²) in [5, 5.41) is 2.37. The maximum atomic E-state index is 12.0. The highest BCUT2D eigenvalue weighted by atomic mass is 19.4. The highest BCUT2D eigenvalue weighted by molar-refractivity contribution is 5.78. The molecule has 1 aliphatic rings. The van der Waals surface area contributed by atoms with Gasteiger partial charge < -0.3 is 10.2 Å². The van der Waals surface area contributed by atoms with E-state index < -0.39 is 12.7 Å². The summed E-state index contributed by atoms with van der Waals surface area (Å²) in [6.45, 7) is 0.251. The predicted molar refractivity (Wildman–Crippen MR) is 68.9 cm³/mol. The summed E-state index contributed by atoms with van der Waals surface area (Å²) in [5.41, 5.74) is 1.03. The molecule has 6 heteroatoms. The van der Waals surface area contributed by atoms with Crippen molar-refractivity contribution in [1.82, 2.24) is 10.2 Å². The van der Waals surface area contributed by atoms with Gasteiger partial charge in [-0.3, -0.25) is 4.79 Å². The summed E-state index contributed by atoms with van der Waals surface area (Å²) in [6.07, 6.45) is -3.88. The summed E-state index contributed by atoms with van der Waals surface area (Å²) in [7, 11) is 0. The van der Waals surface area contributed by atoms with Crippen LogP contribution in [0.15, 0.2) is 30.3 Å². The average molecular weight is 286 g/mol. The second kappa shape index (κ2) is 6.26. The fourth-order valence-electron chi connectivity index (χ4n) is 2.37. The minimum absolute atomic E-state index is 0.00709. The lowest BCUT2D eigenvalue weighted by atomic mass is 10.1. The quantitative estimate of drug-likeness (QED) is 0.900. The Labute approximate surface area is 115 Å². The minimum atomic E-state index is -4.20. The summed E-state index contributed by atoms with van der Waals surface area (Å²) >= 11 is 0. The Morgan fingerprint density at radius 1 is 1.25 bits per heavy atom. The Kier molecular flexibility index (Phi) is 4.65. The first-order chi connectivity index (χ1) is 9.44. The first-order valence-electron chi connectivity index (χ1n) is 6.53. The van der Waals surface area contributed by atoms with Crippen molar-refractivity contribution in [3.63, 3.8) is 0 Å². The zero-order chi connectivity index (χ0) is 14.6. The van der Waals surface area contributed by atoms with Crippen LogP contribution in [0.1, 0.15) is 12.0 Å². The van der Waals surface area contributed by atoms with Crippen molar-refractivity contribution in [1.29, 1.82) is 0 Å². The third-order valence-electron chi connectivity index (χ3n) is 3.27. The maximum absolute atomic E-state index is 12.0. The van der Waals surface area contributed by atoms with Crippen LogP contribution in [-0.4, -0.2) is 36.6 Å². The van der Waals surface area contributed by atoms with Crippen LogP contribution >= 0.6 is 0 Å². The number of carbonyl (C=O) groups is 1. The van der Waals surface area contributed by atoms with Crippen LogP contribution in [0.2, 0.25) is 0 Å². The second-order valence-electron chi connectivity index (χ2n) is 5.08. The van der Waals surface area contributed by atoms with Crippen molar-refractivity contribution in [3.05, 3.63) is 35.9 Å². The van der Waals surface area contributed by atoms with Crippen molar-refractivity contribution in [3.8, 4) is 0 Å². The van der Waals surface area contributed by atoms with Gasteiger partial charge >= 0.3 is 6.18 Å². The van der Waals surface area contributed by atoms with Crippen molar-refractivity contribution >= 4 is 5.91 Å². The van der Waals surface area contributed by atoms with E-state index in [9.17, 15) is 18.0 Å². The zero-order valence-corrected chi connectivity index (χ0v) is 11.0. The molecule has 0 bridgehead atoms. The zero-order valence-electron chi connectivity index (χ0n) is 11.0. The van der Waals surface area contributed by atoms with Gasteiger partial charge in [-0.25, -0.2) is 0 Å². The van der Waals surface area contributed by atoms with Gasteiger partial charge in [0.2, 0.25) is 5.91 Å². The Morgan fingerprint density at radius 2 is 1.95 bits per heavy atom. The standard InChI is InChI=1S/C14H17F3N2O/c15-14(16,17)10-18-7-12-6-13(20)19(9-12)8-11-4-2-1-3-5-11/h1-5,12,18H,6-10H2. The molecule has 3 nitrogen and oxygen atoms in total. The van der Waals surface area contributed by atoms with Crippen molar-refractivity contribution in [2.24, 2.45) is 5.92 Å². The first kappa shape index (κ1) is 14.8. The Morgan fingerprint density at radius 3 is 2.60 bits per heavy atom. The van der Waals surface area contributed by atoms with E-state index in [1.54, 1.807) is 4.90 Å². The van der Waals surface area contributed by atoms with E-state index >= 15 is 0 Å². The molecule has 1 heterocycles. The number of carbonyl (C=O) groups excluding carboxylic acids is 1. The monoisotopic (exact) mass is 286 g/mol. The van der Waals surface area contributed by atoms with Crippen LogP contribution in [-0.2, 0) is 11.3 Å². The minimum Gasteiger partial charge on any atom is -0.338 e. The summed E-state index contributed by atoms with van der Waals surface area (Å²) in [5.74, 6) is -0.0405. The van der Waals surface area contributed by atoms with E-state index in [0.29, 0.717) is 19.5 Å². The molecule has 1 aliphatic heterocycles. The van der Waals surface area contributed by atoms with Crippen LogP contribution in [0.4, 0.5) is 13.2 Å². The van der Waals surface area contributed by atoms with E-state index in [4.69, 9.17) is 0 Å². The molecule has 2 rings (SSSR count). The molecule has 1 unspecified atom stereocenters. The number of nitrogens with one attached hydrogen (secondary N) is 1. The average Bonchev–Trinajstić information content (AvgIpc) is 2.70. The van der Waals surface area contributed by atoms with Crippen LogP contribution in [0.25, 0.3) is 0 Å². The molecular weight excluding hydrogens is 269 g/mol. The topological polar surface area (TPSA) is 32.3 Å². The Hall–Kier alpha value is -1.56.